The van der Waals surface area contributed by atoms with Crippen molar-refractivity contribution in [3.8, 4) is 0 Å². The molecule has 1 aliphatic heterocycles. The number of carbonyl (C=O) groups is 2. The van der Waals surface area contributed by atoms with E-state index in [0.717, 1.165) is 19.1 Å². The molecular formula is C9H16N4O2. The fourth-order valence-corrected chi connectivity index (χ4v) is 1.94. The van der Waals surface area contributed by atoms with E-state index < -0.39 is 11.8 Å². The molecule has 1 saturated heterocycles. The van der Waals surface area contributed by atoms with Gasteiger partial charge in [0, 0.05) is 32.2 Å². The first-order chi connectivity index (χ1) is 7.22. The van der Waals surface area contributed by atoms with Gasteiger partial charge < -0.3 is 4.90 Å². The number of amides is 2. The second kappa shape index (κ2) is 4.16. The van der Waals surface area contributed by atoms with Crippen molar-refractivity contribution < 1.29 is 9.59 Å². The molecule has 0 aromatic rings. The van der Waals surface area contributed by atoms with Crippen molar-refractivity contribution in [2.45, 2.75) is 18.9 Å². The highest BCUT2D eigenvalue weighted by Crippen LogP contribution is 2.27. The summed E-state index contributed by atoms with van der Waals surface area (Å²) in [4.78, 5) is 26.4. The molecule has 0 aromatic carbocycles. The number of rotatable bonds is 1. The maximum absolute atomic E-state index is 11.4. The van der Waals surface area contributed by atoms with Crippen molar-refractivity contribution >= 4 is 11.8 Å². The molecule has 0 atom stereocenters. The molecule has 2 rings (SSSR count). The van der Waals surface area contributed by atoms with E-state index in [1.807, 2.05) is 5.43 Å². The van der Waals surface area contributed by atoms with Gasteiger partial charge in [0.1, 0.15) is 0 Å². The predicted molar refractivity (Wildman–Crippen MR) is 53.5 cm³/mol. The minimum Gasteiger partial charge on any atom is -0.332 e. The second-order valence-corrected chi connectivity index (χ2v) is 4.03. The minimum atomic E-state index is -0.727. The number of hydrogen-bond donors (Lipinski definition) is 2. The van der Waals surface area contributed by atoms with E-state index in [-0.39, 0.29) is 0 Å². The summed E-state index contributed by atoms with van der Waals surface area (Å²) < 4.78 is 0. The van der Waals surface area contributed by atoms with Crippen LogP contribution in [0.2, 0.25) is 0 Å². The number of piperazine rings is 1. The lowest BCUT2D eigenvalue weighted by Gasteiger charge is -2.34. The van der Waals surface area contributed by atoms with Crippen LogP contribution in [0.3, 0.4) is 0 Å². The Hall–Kier alpha value is -1.14. The topological polar surface area (TPSA) is 78.7 Å². The van der Waals surface area contributed by atoms with E-state index in [2.05, 4.69) is 4.90 Å². The number of hydrogen-bond acceptors (Lipinski definition) is 4. The molecule has 6 nitrogen and oxygen atoms in total. The molecule has 0 aromatic heterocycles. The monoisotopic (exact) mass is 212 g/mol. The summed E-state index contributed by atoms with van der Waals surface area (Å²) >= 11 is 0. The highest BCUT2D eigenvalue weighted by molar-refractivity contribution is 6.34. The van der Waals surface area contributed by atoms with E-state index >= 15 is 0 Å². The number of nitrogens with two attached hydrogens (primary N) is 1. The minimum absolute atomic E-state index is 0.520. The molecular weight excluding hydrogens is 196 g/mol. The molecule has 84 valence electrons. The third-order valence-electron chi connectivity index (χ3n) is 2.99. The van der Waals surface area contributed by atoms with Crippen LogP contribution in [0, 0.1) is 0 Å². The molecule has 0 unspecified atom stereocenters. The zero-order valence-corrected chi connectivity index (χ0v) is 8.61. The van der Waals surface area contributed by atoms with Crippen LogP contribution < -0.4 is 11.3 Å². The van der Waals surface area contributed by atoms with Crippen molar-refractivity contribution in [3.63, 3.8) is 0 Å². The van der Waals surface area contributed by atoms with Crippen LogP contribution in [0.1, 0.15) is 12.8 Å². The van der Waals surface area contributed by atoms with Gasteiger partial charge in [0.05, 0.1) is 0 Å². The summed E-state index contributed by atoms with van der Waals surface area (Å²) in [6.45, 7) is 2.99. The van der Waals surface area contributed by atoms with Gasteiger partial charge >= 0.3 is 11.8 Å². The maximum Gasteiger partial charge on any atom is 0.323 e. The van der Waals surface area contributed by atoms with E-state index in [1.165, 1.54) is 12.8 Å². The molecule has 2 amide bonds. The third-order valence-corrected chi connectivity index (χ3v) is 2.99. The Balaban J connectivity index is 1.81. The highest BCUT2D eigenvalue weighted by Gasteiger charge is 2.33. The van der Waals surface area contributed by atoms with Crippen molar-refractivity contribution in [1.82, 2.24) is 15.2 Å². The van der Waals surface area contributed by atoms with Gasteiger partial charge in [-0.25, -0.2) is 5.84 Å². The van der Waals surface area contributed by atoms with E-state index in [0.29, 0.717) is 13.1 Å². The average Bonchev–Trinajstić information content (AvgIpc) is 3.11. The van der Waals surface area contributed by atoms with E-state index in [4.69, 9.17) is 5.84 Å². The van der Waals surface area contributed by atoms with E-state index in [1.54, 1.807) is 4.90 Å². The Morgan fingerprint density at radius 2 is 1.73 bits per heavy atom. The highest BCUT2D eigenvalue weighted by atomic mass is 16.2. The SMILES string of the molecule is NNC(=O)C(=O)N1CCN(C2CC2)CC1. The zero-order chi connectivity index (χ0) is 10.8. The number of hydrazine groups is 1. The average molecular weight is 212 g/mol. The Morgan fingerprint density at radius 1 is 1.13 bits per heavy atom. The standard InChI is InChI=1S/C9H16N4O2/c10-11-8(14)9(15)13-5-3-12(4-6-13)7-1-2-7/h7H,1-6,10H2,(H,11,14). The summed E-state index contributed by atoms with van der Waals surface area (Å²) in [6, 6.07) is 0.727. The molecule has 1 heterocycles. The number of nitrogens with one attached hydrogen (secondary N) is 1. The smallest absolute Gasteiger partial charge is 0.323 e. The number of nitrogens with zero attached hydrogens (tertiary/aromatic N) is 2. The van der Waals surface area contributed by atoms with Crippen molar-refractivity contribution in [2.24, 2.45) is 5.84 Å². The molecule has 1 saturated carbocycles. The van der Waals surface area contributed by atoms with Gasteiger partial charge in [-0.15, -0.1) is 0 Å². The van der Waals surface area contributed by atoms with Crippen LogP contribution in [0.5, 0.6) is 0 Å². The molecule has 0 spiro atoms. The molecule has 0 bridgehead atoms. The fraction of sp³-hybridized carbons (Fsp3) is 0.778. The summed E-state index contributed by atoms with van der Waals surface area (Å²) in [6.07, 6.45) is 2.55. The van der Waals surface area contributed by atoms with Gasteiger partial charge in [0.25, 0.3) is 0 Å². The lowest BCUT2D eigenvalue weighted by Crippen LogP contribution is -2.53. The summed E-state index contributed by atoms with van der Waals surface area (Å²) in [5, 5.41) is 0. The second-order valence-electron chi connectivity index (χ2n) is 4.03. The molecule has 1 aliphatic carbocycles. The summed E-state index contributed by atoms with van der Waals surface area (Å²) in [5.74, 6) is 3.66. The third kappa shape index (κ3) is 2.27. The van der Waals surface area contributed by atoms with Gasteiger partial charge in [0.15, 0.2) is 0 Å². The lowest BCUT2D eigenvalue weighted by molar-refractivity contribution is -0.147. The molecule has 6 heteroatoms. The lowest BCUT2D eigenvalue weighted by atomic mass is 10.3. The predicted octanol–water partition coefficient (Wildman–Crippen LogP) is -1.72. The van der Waals surface area contributed by atoms with Gasteiger partial charge in [0.2, 0.25) is 0 Å². The number of carbonyl (C=O) groups excluding carboxylic acids is 2. The van der Waals surface area contributed by atoms with Crippen LogP contribution in [0.15, 0.2) is 0 Å². The normalized spacial score (nSPS) is 22.6. The van der Waals surface area contributed by atoms with Crippen LogP contribution >= 0.6 is 0 Å². The van der Waals surface area contributed by atoms with Crippen molar-refractivity contribution in [2.75, 3.05) is 26.2 Å². The summed E-state index contributed by atoms with van der Waals surface area (Å²) in [7, 11) is 0. The van der Waals surface area contributed by atoms with Crippen LogP contribution in [-0.4, -0.2) is 53.8 Å². The van der Waals surface area contributed by atoms with Gasteiger partial charge in [-0.2, -0.15) is 0 Å². The largest absolute Gasteiger partial charge is 0.332 e. The van der Waals surface area contributed by atoms with Crippen molar-refractivity contribution in [3.05, 3.63) is 0 Å². The van der Waals surface area contributed by atoms with Crippen molar-refractivity contribution in [1.29, 1.82) is 0 Å². The molecule has 2 aliphatic rings. The van der Waals surface area contributed by atoms with Crippen LogP contribution in [0.4, 0.5) is 0 Å². The Labute approximate surface area is 88.3 Å². The Morgan fingerprint density at radius 3 is 2.20 bits per heavy atom. The molecule has 0 radical (unpaired) electrons. The molecule has 3 N–H and O–H groups in total. The Kier molecular flexibility index (Phi) is 2.88. The maximum atomic E-state index is 11.4. The fourth-order valence-electron chi connectivity index (χ4n) is 1.94. The first kappa shape index (κ1) is 10.4. The van der Waals surface area contributed by atoms with E-state index in [9.17, 15) is 9.59 Å². The molecule has 2 fully saturated rings. The Bertz CT molecular complexity index is 269. The first-order valence-corrected chi connectivity index (χ1v) is 5.26. The van der Waals surface area contributed by atoms with Crippen LogP contribution in [0.25, 0.3) is 0 Å². The van der Waals surface area contributed by atoms with Crippen LogP contribution in [-0.2, 0) is 9.59 Å². The van der Waals surface area contributed by atoms with Gasteiger partial charge in [-0.3, -0.25) is 19.9 Å². The van der Waals surface area contributed by atoms with Gasteiger partial charge in [-0.05, 0) is 12.8 Å². The molecule has 15 heavy (non-hydrogen) atoms. The zero-order valence-electron chi connectivity index (χ0n) is 8.61. The quantitative estimate of drug-likeness (QED) is 0.235. The van der Waals surface area contributed by atoms with Gasteiger partial charge in [-0.1, -0.05) is 0 Å². The summed E-state index contributed by atoms with van der Waals surface area (Å²) in [5.41, 5.74) is 1.86. The first-order valence-electron chi connectivity index (χ1n) is 5.26.